The molecule has 0 aliphatic rings. The minimum Gasteiger partial charge on any atom is -0.467 e. The Morgan fingerprint density at radius 1 is 1.33 bits per heavy atom. The summed E-state index contributed by atoms with van der Waals surface area (Å²) in [4.78, 5) is 12.4. The molecule has 2 aromatic heterocycles. The first-order valence-electron chi connectivity index (χ1n) is 7.35. The molecule has 2 rings (SSSR count). The monoisotopic (exact) mass is 390 g/mol. The van der Waals surface area contributed by atoms with Crippen molar-refractivity contribution in [3.63, 3.8) is 0 Å². The van der Waals surface area contributed by atoms with E-state index in [1.807, 2.05) is 13.8 Å². The SMILES string of the molecule is CC(C)C[C@@H](NS(=O)(=O)c1ccc(Cl)s1)C(=O)NCc1ccco1. The van der Waals surface area contributed by atoms with Crippen LogP contribution in [-0.2, 0) is 21.4 Å². The third-order valence-corrected chi connectivity index (χ3v) is 6.35. The van der Waals surface area contributed by atoms with Crippen LogP contribution in [0.15, 0.2) is 39.2 Å². The van der Waals surface area contributed by atoms with Crippen molar-refractivity contribution in [2.24, 2.45) is 5.92 Å². The molecule has 0 radical (unpaired) electrons. The van der Waals surface area contributed by atoms with Crippen LogP contribution in [-0.4, -0.2) is 20.4 Å². The molecule has 1 amide bonds. The second-order valence-electron chi connectivity index (χ2n) is 5.66. The van der Waals surface area contributed by atoms with E-state index >= 15 is 0 Å². The highest BCUT2D eigenvalue weighted by atomic mass is 35.5. The van der Waals surface area contributed by atoms with Gasteiger partial charge in [-0.25, -0.2) is 8.42 Å². The first kappa shape index (κ1) is 19.0. The van der Waals surface area contributed by atoms with Gasteiger partial charge in [-0.15, -0.1) is 11.3 Å². The van der Waals surface area contributed by atoms with Crippen LogP contribution in [0.2, 0.25) is 4.34 Å². The molecule has 132 valence electrons. The zero-order chi connectivity index (χ0) is 17.7. The van der Waals surface area contributed by atoms with E-state index in [1.54, 1.807) is 12.1 Å². The maximum absolute atomic E-state index is 12.4. The summed E-state index contributed by atoms with van der Waals surface area (Å²) in [5.41, 5.74) is 0. The molecule has 0 saturated carbocycles. The molecule has 9 heteroatoms. The molecule has 24 heavy (non-hydrogen) atoms. The van der Waals surface area contributed by atoms with Crippen molar-refractivity contribution in [2.75, 3.05) is 0 Å². The Balaban J connectivity index is 2.08. The fourth-order valence-electron chi connectivity index (χ4n) is 2.08. The topological polar surface area (TPSA) is 88.4 Å². The Labute approximate surface area is 150 Å². The highest BCUT2D eigenvalue weighted by Gasteiger charge is 2.27. The Morgan fingerprint density at radius 2 is 2.08 bits per heavy atom. The number of halogens is 1. The zero-order valence-corrected chi connectivity index (χ0v) is 15.7. The maximum atomic E-state index is 12.4. The second-order valence-corrected chi connectivity index (χ2v) is 9.32. The average molecular weight is 391 g/mol. The number of amides is 1. The molecule has 0 aliphatic carbocycles. The van der Waals surface area contributed by atoms with Crippen LogP contribution in [0, 0.1) is 5.92 Å². The van der Waals surface area contributed by atoms with Crippen LogP contribution in [0.4, 0.5) is 0 Å². The van der Waals surface area contributed by atoms with E-state index in [0.717, 1.165) is 11.3 Å². The van der Waals surface area contributed by atoms with Crippen molar-refractivity contribution in [3.05, 3.63) is 40.6 Å². The van der Waals surface area contributed by atoms with Gasteiger partial charge in [-0.3, -0.25) is 4.79 Å². The van der Waals surface area contributed by atoms with Gasteiger partial charge in [0.15, 0.2) is 0 Å². The van der Waals surface area contributed by atoms with Crippen molar-refractivity contribution in [2.45, 2.75) is 37.1 Å². The van der Waals surface area contributed by atoms with Gasteiger partial charge in [0.1, 0.15) is 16.0 Å². The summed E-state index contributed by atoms with van der Waals surface area (Å²) in [6, 6.07) is 5.51. The lowest BCUT2D eigenvalue weighted by atomic mass is 10.0. The molecular weight excluding hydrogens is 372 g/mol. The lowest BCUT2D eigenvalue weighted by molar-refractivity contribution is -0.123. The minimum absolute atomic E-state index is 0.0834. The molecule has 0 fully saturated rings. The highest BCUT2D eigenvalue weighted by molar-refractivity contribution is 7.91. The van der Waals surface area contributed by atoms with Crippen LogP contribution < -0.4 is 10.0 Å². The Morgan fingerprint density at radius 3 is 2.62 bits per heavy atom. The Bertz CT molecular complexity index is 769. The minimum atomic E-state index is -3.80. The number of thiophene rings is 1. The number of carbonyl (C=O) groups is 1. The van der Waals surface area contributed by atoms with Gasteiger partial charge in [0.25, 0.3) is 10.0 Å². The molecule has 2 heterocycles. The molecule has 0 aliphatic heterocycles. The summed E-state index contributed by atoms with van der Waals surface area (Å²) < 4.78 is 32.9. The number of carbonyl (C=O) groups excluding carboxylic acids is 1. The van der Waals surface area contributed by atoms with Gasteiger partial charge in [0, 0.05) is 0 Å². The first-order chi connectivity index (χ1) is 11.3. The van der Waals surface area contributed by atoms with Gasteiger partial charge in [0.05, 0.1) is 17.1 Å². The van der Waals surface area contributed by atoms with Gasteiger partial charge < -0.3 is 9.73 Å². The molecule has 1 atom stereocenters. The lowest BCUT2D eigenvalue weighted by Gasteiger charge is -2.19. The van der Waals surface area contributed by atoms with E-state index in [-0.39, 0.29) is 16.7 Å². The number of hydrogen-bond donors (Lipinski definition) is 2. The number of furan rings is 1. The molecule has 0 bridgehead atoms. The standard InChI is InChI=1S/C15H19ClN2O4S2/c1-10(2)8-12(15(19)17-9-11-4-3-7-22-11)18-24(20,21)14-6-5-13(16)23-14/h3-7,10,12,18H,8-9H2,1-2H3,(H,17,19)/t12-/m1/s1. The van der Waals surface area contributed by atoms with E-state index in [1.165, 1.54) is 18.4 Å². The van der Waals surface area contributed by atoms with Crippen molar-refractivity contribution >= 4 is 38.9 Å². The van der Waals surface area contributed by atoms with Gasteiger partial charge >= 0.3 is 0 Å². The third-order valence-electron chi connectivity index (χ3n) is 3.15. The lowest BCUT2D eigenvalue weighted by Crippen LogP contribution is -2.46. The summed E-state index contributed by atoms with van der Waals surface area (Å²) in [5, 5.41) is 2.69. The van der Waals surface area contributed by atoms with E-state index < -0.39 is 22.0 Å². The largest absolute Gasteiger partial charge is 0.467 e. The van der Waals surface area contributed by atoms with Crippen molar-refractivity contribution in [3.8, 4) is 0 Å². The summed E-state index contributed by atoms with van der Waals surface area (Å²) in [7, 11) is -3.80. The molecule has 0 saturated heterocycles. The fourth-order valence-corrected chi connectivity index (χ4v) is 4.79. The molecular formula is C15H19ClN2O4S2. The predicted octanol–water partition coefficient (Wildman–Crippen LogP) is 3.00. The van der Waals surface area contributed by atoms with Crippen molar-refractivity contribution < 1.29 is 17.6 Å². The van der Waals surface area contributed by atoms with Crippen LogP contribution in [0.25, 0.3) is 0 Å². The van der Waals surface area contributed by atoms with E-state index in [0.29, 0.717) is 16.5 Å². The number of sulfonamides is 1. The van der Waals surface area contributed by atoms with Gasteiger partial charge in [0.2, 0.25) is 5.91 Å². The van der Waals surface area contributed by atoms with Crippen molar-refractivity contribution in [1.82, 2.24) is 10.0 Å². The summed E-state index contributed by atoms with van der Waals surface area (Å²) in [6.07, 6.45) is 1.89. The van der Waals surface area contributed by atoms with Crippen LogP contribution in [0.5, 0.6) is 0 Å². The molecule has 0 unspecified atom stereocenters. The van der Waals surface area contributed by atoms with E-state index in [2.05, 4.69) is 10.0 Å². The summed E-state index contributed by atoms with van der Waals surface area (Å²) in [6.45, 7) is 4.04. The number of hydrogen-bond acceptors (Lipinski definition) is 5. The maximum Gasteiger partial charge on any atom is 0.250 e. The number of rotatable bonds is 8. The van der Waals surface area contributed by atoms with Crippen LogP contribution >= 0.6 is 22.9 Å². The summed E-state index contributed by atoms with van der Waals surface area (Å²) >= 11 is 6.74. The first-order valence-corrected chi connectivity index (χ1v) is 10.0. The van der Waals surface area contributed by atoms with E-state index in [9.17, 15) is 13.2 Å². The molecule has 2 N–H and O–H groups in total. The molecule has 0 spiro atoms. The Kier molecular flexibility index (Phi) is 6.45. The van der Waals surface area contributed by atoms with Gasteiger partial charge in [-0.2, -0.15) is 4.72 Å². The van der Waals surface area contributed by atoms with Crippen LogP contribution in [0.1, 0.15) is 26.0 Å². The quantitative estimate of drug-likeness (QED) is 0.725. The molecule has 2 aromatic rings. The molecule has 6 nitrogen and oxygen atoms in total. The van der Waals surface area contributed by atoms with Gasteiger partial charge in [-0.05, 0) is 36.6 Å². The van der Waals surface area contributed by atoms with Gasteiger partial charge in [-0.1, -0.05) is 25.4 Å². The highest BCUT2D eigenvalue weighted by Crippen LogP contribution is 2.25. The Hall–Kier alpha value is -1.35. The summed E-state index contributed by atoms with van der Waals surface area (Å²) in [5.74, 6) is 0.338. The number of nitrogens with one attached hydrogen (secondary N) is 2. The zero-order valence-electron chi connectivity index (χ0n) is 13.3. The normalized spacial score (nSPS) is 13.2. The second kappa shape index (κ2) is 8.15. The predicted molar refractivity (Wildman–Crippen MR) is 93.4 cm³/mol. The smallest absolute Gasteiger partial charge is 0.250 e. The van der Waals surface area contributed by atoms with Crippen LogP contribution in [0.3, 0.4) is 0 Å². The molecule has 0 aromatic carbocycles. The average Bonchev–Trinajstić information content (AvgIpc) is 3.14. The van der Waals surface area contributed by atoms with Crippen molar-refractivity contribution in [1.29, 1.82) is 0 Å². The third kappa shape index (κ3) is 5.34. The van der Waals surface area contributed by atoms with E-state index in [4.69, 9.17) is 16.0 Å². The fraction of sp³-hybridized carbons (Fsp3) is 0.400.